The van der Waals surface area contributed by atoms with E-state index in [9.17, 15) is 9.59 Å². The molecule has 0 saturated heterocycles. The predicted octanol–water partition coefficient (Wildman–Crippen LogP) is -1.45. The molecule has 22 heavy (non-hydrogen) atoms. The van der Waals surface area contributed by atoms with Crippen LogP contribution in [0.3, 0.4) is 0 Å². The Hall–Kier alpha value is -1.22. The summed E-state index contributed by atoms with van der Waals surface area (Å²) in [6, 6.07) is 0. The lowest BCUT2D eigenvalue weighted by atomic mass is 10.3. The normalized spacial score (nSPS) is 10.7. The van der Waals surface area contributed by atoms with Crippen LogP contribution in [0.1, 0.15) is 12.8 Å². The highest BCUT2D eigenvalue weighted by atomic mass is 16.5. The van der Waals surface area contributed by atoms with Crippen molar-refractivity contribution in [2.24, 2.45) is 5.73 Å². The molecule has 8 heteroatoms. The first-order valence-corrected chi connectivity index (χ1v) is 7.61. The van der Waals surface area contributed by atoms with Crippen molar-refractivity contribution >= 4 is 11.9 Å². The molecule has 0 atom stereocenters. The number of hydrogen-bond donors (Lipinski definition) is 3. The molecule has 8 nitrogen and oxygen atoms in total. The van der Waals surface area contributed by atoms with Crippen LogP contribution in [-0.4, -0.2) is 83.4 Å². The smallest absolute Gasteiger partial charge is 0.306 e. The van der Waals surface area contributed by atoms with Gasteiger partial charge in [-0.15, -0.1) is 0 Å². The number of nitrogens with two attached hydrogens (primary N) is 1. The van der Waals surface area contributed by atoms with E-state index in [0.29, 0.717) is 32.5 Å². The van der Waals surface area contributed by atoms with Crippen LogP contribution in [0.25, 0.3) is 0 Å². The second-order valence-electron chi connectivity index (χ2n) is 4.78. The van der Waals surface area contributed by atoms with Gasteiger partial charge in [0.05, 0.1) is 27.1 Å². The van der Waals surface area contributed by atoms with Crippen molar-refractivity contribution in [3.05, 3.63) is 0 Å². The number of carbonyl (C=O) groups is 2. The van der Waals surface area contributed by atoms with Crippen molar-refractivity contribution in [3.63, 3.8) is 0 Å². The maximum absolute atomic E-state index is 11.2. The lowest BCUT2D eigenvalue weighted by Crippen LogP contribution is -2.39. The summed E-state index contributed by atoms with van der Waals surface area (Å²) in [5.74, 6) is -0.431. The molecule has 0 spiro atoms. The monoisotopic (exact) mass is 318 g/mol. The number of esters is 2. The molecule has 130 valence electrons. The molecule has 0 rings (SSSR count). The van der Waals surface area contributed by atoms with E-state index in [1.807, 2.05) is 0 Å². The van der Waals surface area contributed by atoms with Crippen LogP contribution >= 0.6 is 0 Å². The largest absolute Gasteiger partial charge is 0.469 e. The van der Waals surface area contributed by atoms with Gasteiger partial charge in [0.2, 0.25) is 0 Å². The molecule has 0 aliphatic heterocycles. The number of nitrogens with zero attached hydrogens (tertiary/aromatic N) is 1. The van der Waals surface area contributed by atoms with Gasteiger partial charge in [0.15, 0.2) is 0 Å². The van der Waals surface area contributed by atoms with Gasteiger partial charge in [-0.2, -0.15) is 0 Å². The predicted molar refractivity (Wildman–Crippen MR) is 84.5 cm³/mol. The van der Waals surface area contributed by atoms with Gasteiger partial charge < -0.3 is 30.7 Å². The number of rotatable bonds is 14. The molecule has 0 aromatic carbocycles. The minimum absolute atomic E-state index is 0.210. The van der Waals surface area contributed by atoms with Crippen molar-refractivity contribution in [1.82, 2.24) is 15.5 Å². The summed E-state index contributed by atoms with van der Waals surface area (Å²) in [4.78, 5) is 24.4. The summed E-state index contributed by atoms with van der Waals surface area (Å²) in [6.45, 7) is 5.81. The van der Waals surface area contributed by atoms with Gasteiger partial charge in [0.25, 0.3) is 0 Å². The molecule has 4 N–H and O–H groups in total. The van der Waals surface area contributed by atoms with Crippen molar-refractivity contribution in [2.75, 3.05) is 66.6 Å². The third-order valence-corrected chi connectivity index (χ3v) is 3.12. The number of carbonyl (C=O) groups excluding carboxylic acids is 2. The highest BCUT2D eigenvalue weighted by Crippen LogP contribution is 1.93. The molecular formula is C14H30N4O4. The third kappa shape index (κ3) is 12.5. The molecule has 0 aromatic heterocycles. The first-order chi connectivity index (χ1) is 10.6. The minimum Gasteiger partial charge on any atom is -0.469 e. The molecular weight excluding hydrogens is 288 g/mol. The average molecular weight is 318 g/mol. The van der Waals surface area contributed by atoms with E-state index in [4.69, 9.17) is 5.73 Å². The van der Waals surface area contributed by atoms with Gasteiger partial charge >= 0.3 is 11.9 Å². The summed E-state index contributed by atoms with van der Waals surface area (Å²) in [7, 11) is 2.77. The van der Waals surface area contributed by atoms with Gasteiger partial charge in [-0.05, 0) is 0 Å². The molecule has 0 radical (unpaired) electrons. The number of hydrogen-bond acceptors (Lipinski definition) is 8. The zero-order chi connectivity index (χ0) is 16.6. The Morgan fingerprint density at radius 2 is 1.41 bits per heavy atom. The first kappa shape index (κ1) is 20.8. The fraction of sp³-hybridized carbons (Fsp3) is 0.857. The second kappa shape index (κ2) is 14.7. The third-order valence-electron chi connectivity index (χ3n) is 3.12. The van der Waals surface area contributed by atoms with Crippen molar-refractivity contribution in [2.45, 2.75) is 12.8 Å². The van der Waals surface area contributed by atoms with Crippen LogP contribution in [0.4, 0.5) is 0 Å². The van der Waals surface area contributed by atoms with E-state index in [1.165, 1.54) is 14.2 Å². The van der Waals surface area contributed by atoms with Gasteiger partial charge in [0, 0.05) is 52.4 Å². The number of methoxy groups -OCH3 is 2. The standard InChI is InChI=1S/C14H30N4O4/c1-21-13(19)3-6-16-8-11-18(10-4-14(20)22-2)12-9-17-7-5-15/h16-17H,3-12,15H2,1-2H3. The Balaban J connectivity index is 3.89. The van der Waals surface area contributed by atoms with E-state index >= 15 is 0 Å². The van der Waals surface area contributed by atoms with Gasteiger partial charge in [-0.1, -0.05) is 0 Å². The first-order valence-electron chi connectivity index (χ1n) is 7.61. The Morgan fingerprint density at radius 1 is 0.864 bits per heavy atom. The Kier molecular flexibility index (Phi) is 13.9. The quantitative estimate of drug-likeness (QED) is 0.264. The van der Waals surface area contributed by atoms with Crippen molar-refractivity contribution < 1.29 is 19.1 Å². The lowest BCUT2D eigenvalue weighted by Gasteiger charge is -2.22. The summed E-state index contributed by atoms with van der Waals surface area (Å²) < 4.78 is 9.23. The fourth-order valence-corrected chi connectivity index (χ4v) is 1.81. The summed E-state index contributed by atoms with van der Waals surface area (Å²) in [5.41, 5.74) is 5.43. The topological polar surface area (TPSA) is 106 Å². The fourth-order valence-electron chi connectivity index (χ4n) is 1.81. The van der Waals surface area contributed by atoms with Crippen LogP contribution in [0.15, 0.2) is 0 Å². The summed E-state index contributed by atoms with van der Waals surface area (Å²) >= 11 is 0. The van der Waals surface area contributed by atoms with Crippen molar-refractivity contribution in [3.8, 4) is 0 Å². The maximum Gasteiger partial charge on any atom is 0.306 e. The lowest BCUT2D eigenvalue weighted by molar-refractivity contribution is -0.141. The highest BCUT2D eigenvalue weighted by Gasteiger charge is 2.08. The highest BCUT2D eigenvalue weighted by molar-refractivity contribution is 5.69. The maximum atomic E-state index is 11.2. The zero-order valence-corrected chi connectivity index (χ0v) is 13.7. The van der Waals surface area contributed by atoms with E-state index in [1.54, 1.807) is 0 Å². The van der Waals surface area contributed by atoms with Crippen LogP contribution in [-0.2, 0) is 19.1 Å². The Bertz CT molecular complexity index is 303. The molecule has 0 saturated carbocycles. The Morgan fingerprint density at radius 3 is 1.95 bits per heavy atom. The summed E-state index contributed by atoms with van der Waals surface area (Å²) in [6.07, 6.45) is 0.728. The molecule has 0 heterocycles. The van der Waals surface area contributed by atoms with Gasteiger partial charge in [0.1, 0.15) is 0 Å². The molecule has 0 unspecified atom stereocenters. The van der Waals surface area contributed by atoms with E-state index < -0.39 is 0 Å². The Labute approximate surface area is 132 Å². The molecule has 0 bridgehead atoms. The van der Waals surface area contributed by atoms with Crippen LogP contribution in [0.2, 0.25) is 0 Å². The molecule has 0 fully saturated rings. The van der Waals surface area contributed by atoms with Crippen LogP contribution in [0.5, 0.6) is 0 Å². The molecule has 0 aromatic rings. The van der Waals surface area contributed by atoms with Crippen LogP contribution < -0.4 is 16.4 Å². The number of ether oxygens (including phenoxy) is 2. The minimum atomic E-state index is -0.221. The summed E-state index contributed by atoms with van der Waals surface area (Å²) in [5, 5.41) is 6.41. The van der Waals surface area contributed by atoms with Crippen molar-refractivity contribution in [1.29, 1.82) is 0 Å². The number of nitrogens with one attached hydrogen (secondary N) is 2. The second-order valence-corrected chi connectivity index (χ2v) is 4.78. The molecule has 0 amide bonds. The van der Waals surface area contributed by atoms with E-state index in [2.05, 4.69) is 25.0 Å². The van der Waals surface area contributed by atoms with E-state index in [0.717, 1.165) is 32.7 Å². The van der Waals surface area contributed by atoms with Gasteiger partial charge in [-0.3, -0.25) is 9.59 Å². The molecule has 0 aliphatic rings. The SMILES string of the molecule is COC(=O)CCNCCN(CCNCCN)CCC(=O)OC. The zero-order valence-electron chi connectivity index (χ0n) is 13.7. The van der Waals surface area contributed by atoms with Gasteiger partial charge in [-0.25, -0.2) is 0 Å². The molecule has 0 aliphatic carbocycles. The van der Waals surface area contributed by atoms with Crippen LogP contribution in [0, 0.1) is 0 Å². The average Bonchev–Trinajstić information content (AvgIpc) is 2.54. The van der Waals surface area contributed by atoms with E-state index in [-0.39, 0.29) is 11.9 Å².